The Hall–Kier alpha value is -0.980. The van der Waals surface area contributed by atoms with Crippen LogP contribution in [0.5, 0.6) is 5.75 Å². The summed E-state index contributed by atoms with van der Waals surface area (Å²) in [6.07, 6.45) is 26.3. The van der Waals surface area contributed by atoms with E-state index < -0.39 is 0 Å². The van der Waals surface area contributed by atoms with E-state index in [9.17, 15) is 5.11 Å². The largest absolute Gasteiger partial charge is 0.508 e. The van der Waals surface area contributed by atoms with Gasteiger partial charge in [-0.15, -0.1) is 0 Å². The predicted octanol–water partition coefficient (Wildman–Crippen LogP) is 9.71. The molecule has 0 amide bonds. The molecule has 0 bridgehead atoms. The van der Waals surface area contributed by atoms with Gasteiger partial charge in [0, 0.05) is 0 Å². The summed E-state index contributed by atoms with van der Waals surface area (Å²) in [6.45, 7) is 6.84. The van der Waals surface area contributed by atoms with E-state index in [2.05, 4.69) is 26.8 Å². The molecule has 0 saturated heterocycles. The van der Waals surface area contributed by atoms with Crippen LogP contribution < -0.4 is 0 Å². The molecule has 1 nitrogen and oxygen atoms in total. The number of hydrogen-bond donors (Lipinski definition) is 1. The van der Waals surface area contributed by atoms with E-state index in [4.69, 9.17) is 0 Å². The van der Waals surface area contributed by atoms with Crippen LogP contribution in [-0.2, 0) is 19.3 Å². The topological polar surface area (TPSA) is 20.2 Å². The van der Waals surface area contributed by atoms with E-state index in [1.165, 1.54) is 126 Å². The third kappa shape index (κ3) is 12.0. The Kier molecular flexibility index (Phi) is 16.9. The van der Waals surface area contributed by atoms with Crippen molar-refractivity contribution in [3.05, 3.63) is 28.8 Å². The highest BCUT2D eigenvalue weighted by atomic mass is 16.3. The number of unbranched alkanes of at least 4 members (excludes halogenated alkanes) is 14. The van der Waals surface area contributed by atoms with E-state index in [0.29, 0.717) is 5.75 Å². The normalized spacial score (nSPS) is 11.3. The lowest BCUT2D eigenvalue weighted by atomic mass is 9.90. The van der Waals surface area contributed by atoms with Gasteiger partial charge in [0.25, 0.3) is 0 Å². The van der Waals surface area contributed by atoms with Gasteiger partial charge in [0.1, 0.15) is 5.75 Å². The SMILES string of the molecule is CCCCCCCCCCCCc1c(O)ccc(CCC)c1CCCCCCCC. The molecule has 0 aliphatic rings. The lowest BCUT2D eigenvalue weighted by Crippen LogP contribution is -2.02. The minimum Gasteiger partial charge on any atom is -0.508 e. The van der Waals surface area contributed by atoms with E-state index >= 15 is 0 Å². The van der Waals surface area contributed by atoms with Gasteiger partial charge in [-0.05, 0) is 54.9 Å². The second-order valence-corrected chi connectivity index (χ2v) is 9.40. The quantitative estimate of drug-likeness (QED) is 0.210. The molecule has 0 spiro atoms. The fraction of sp³-hybridized carbons (Fsp3) is 0.793. The fourth-order valence-electron chi connectivity index (χ4n) is 4.69. The maximum Gasteiger partial charge on any atom is 0.119 e. The van der Waals surface area contributed by atoms with Gasteiger partial charge < -0.3 is 5.11 Å². The van der Waals surface area contributed by atoms with Crippen molar-refractivity contribution in [2.75, 3.05) is 0 Å². The summed E-state index contributed by atoms with van der Waals surface area (Å²) < 4.78 is 0. The summed E-state index contributed by atoms with van der Waals surface area (Å²) in [4.78, 5) is 0. The molecule has 174 valence electrons. The average Bonchev–Trinajstić information content (AvgIpc) is 2.75. The maximum absolute atomic E-state index is 10.6. The zero-order valence-corrected chi connectivity index (χ0v) is 20.7. The molecule has 0 heterocycles. The van der Waals surface area contributed by atoms with Crippen LogP contribution in [0.15, 0.2) is 12.1 Å². The molecule has 1 heteroatoms. The molecule has 0 radical (unpaired) electrons. The Morgan fingerprint density at radius 2 is 0.900 bits per heavy atom. The van der Waals surface area contributed by atoms with Crippen molar-refractivity contribution in [1.82, 2.24) is 0 Å². The van der Waals surface area contributed by atoms with E-state index in [0.717, 1.165) is 19.3 Å². The lowest BCUT2D eigenvalue weighted by Gasteiger charge is -2.17. The Labute approximate surface area is 189 Å². The Balaban J connectivity index is 2.43. The maximum atomic E-state index is 10.6. The van der Waals surface area contributed by atoms with Crippen LogP contribution in [0.25, 0.3) is 0 Å². The first-order valence-corrected chi connectivity index (χ1v) is 13.6. The summed E-state index contributed by atoms with van der Waals surface area (Å²) in [5, 5.41) is 10.6. The van der Waals surface area contributed by atoms with Crippen molar-refractivity contribution in [3.8, 4) is 5.75 Å². The van der Waals surface area contributed by atoms with Crippen LogP contribution >= 0.6 is 0 Å². The predicted molar refractivity (Wildman–Crippen MR) is 135 cm³/mol. The third-order valence-corrected chi connectivity index (χ3v) is 6.58. The summed E-state index contributed by atoms with van der Waals surface area (Å²) in [6, 6.07) is 4.15. The molecular formula is C29H52O. The number of phenolic OH excluding ortho intramolecular Hbond substituents is 1. The van der Waals surface area contributed by atoms with Crippen LogP contribution in [0.3, 0.4) is 0 Å². The highest BCUT2D eigenvalue weighted by Gasteiger charge is 2.12. The zero-order valence-electron chi connectivity index (χ0n) is 20.7. The first kappa shape index (κ1) is 27.1. The molecule has 0 atom stereocenters. The van der Waals surface area contributed by atoms with E-state index in [1.54, 1.807) is 0 Å². The van der Waals surface area contributed by atoms with Crippen molar-refractivity contribution in [2.24, 2.45) is 0 Å². The number of phenols is 1. The van der Waals surface area contributed by atoms with Crippen LogP contribution in [0.2, 0.25) is 0 Å². The van der Waals surface area contributed by atoms with Crippen LogP contribution in [0.4, 0.5) is 0 Å². The first-order valence-electron chi connectivity index (χ1n) is 13.6. The minimum atomic E-state index is 0.548. The minimum absolute atomic E-state index is 0.548. The van der Waals surface area contributed by atoms with Gasteiger partial charge in [0.15, 0.2) is 0 Å². The van der Waals surface area contributed by atoms with Gasteiger partial charge in [0.2, 0.25) is 0 Å². The first-order chi connectivity index (χ1) is 14.7. The van der Waals surface area contributed by atoms with Gasteiger partial charge in [-0.25, -0.2) is 0 Å². The monoisotopic (exact) mass is 416 g/mol. The molecule has 1 aromatic rings. The number of aromatic hydroxyl groups is 1. The van der Waals surface area contributed by atoms with E-state index in [-0.39, 0.29) is 0 Å². The standard InChI is InChI=1S/C29H52O/c1-4-7-9-11-13-14-15-16-18-20-23-28-27(22-19-17-12-10-8-5-2)26(21-6-3)24-25-29(28)30/h24-25,30H,4-23H2,1-3H3. The number of aryl methyl sites for hydroxylation is 1. The number of benzene rings is 1. The lowest BCUT2D eigenvalue weighted by molar-refractivity contribution is 0.463. The zero-order chi connectivity index (χ0) is 21.9. The third-order valence-electron chi connectivity index (χ3n) is 6.58. The highest BCUT2D eigenvalue weighted by Crippen LogP contribution is 2.29. The molecule has 0 saturated carbocycles. The molecule has 1 rings (SSSR count). The van der Waals surface area contributed by atoms with Gasteiger partial charge in [0.05, 0.1) is 0 Å². The highest BCUT2D eigenvalue weighted by molar-refractivity contribution is 5.45. The van der Waals surface area contributed by atoms with Crippen molar-refractivity contribution in [3.63, 3.8) is 0 Å². The Bertz CT molecular complexity index is 519. The van der Waals surface area contributed by atoms with Crippen LogP contribution in [0.1, 0.15) is 147 Å². The summed E-state index contributed by atoms with van der Waals surface area (Å²) in [5.74, 6) is 0.548. The molecule has 0 aromatic heterocycles. The molecule has 0 unspecified atom stereocenters. The van der Waals surface area contributed by atoms with Gasteiger partial charge in [-0.3, -0.25) is 0 Å². The summed E-state index contributed by atoms with van der Waals surface area (Å²) in [5.41, 5.74) is 4.25. The molecular weight excluding hydrogens is 364 g/mol. The second-order valence-electron chi connectivity index (χ2n) is 9.40. The van der Waals surface area contributed by atoms with Gasteiger partial charge >= 0.3 is 0 Å². The molecule has 0 fully saturated rings. The molecule has 0 aliphatic heterocycles. The van der Waals surface area contributed by atoms with Crippen LogP contribution in [0, 0.1) is 0 Å². The van der Waals surface area contributed by atoms with Crippen molar-refractivity contribution in [1.29, 1.82) is 0 Å². The number of rotatable bonds is 20. The fourth-order valence-corrected chi connectivity index (χ4v) is 4.69. The van der Waals surface area contributed by atoms with Crippen molar-refractivity contribution in [2.45, 2.75) is 149 Å². The van der Waals surface area contributed by atoms with Crippen molar-refractivity contribution >= 4 is 0 Å². The molecule has 30 heavy (non-hydrogen) atoms. The van der Waals surface area contributed by atoms with Crippen LogP contribution in [-0.4, -0.2) is 5.11 Å². The molecule has 1 N–H and O–H groups in total. The Morgan fingerprint density at radius 1 is 0.467 bits per heavy atom. The molecule has 0 aliphatic carbocycles. The smallest absolute Gasteiger partial charge is 0.119 e. The van der Waals surface area contributed by atoms with E-state index in [1.807, 2.05) is 6.07 Å². The average molecular weight is 417 g/mol. The summed E-state index contributed by atoms with van der Waals surface area (Å²) >= 11 is 0. The molecule has 1 aromatic carbocycles. The van der Waals surface area contributed by atoms with Crippen molar-refractivity contribution < 1.29 is 5.11 Å². The Morgan fingerprint density at radius 3 is 1.37 bits per heavy atom. The van der Waals surface area contributed by atoms with Gasteiger partial charge in [-0.1, -0.05) is 123 Å². The number of hydrogen-bond acceptors (Lipinski definition) is 1. The second kappa shape index (κ2) is 18.8. The summed E-state index contributed by atoms with van der Waals surface area (Å²) in [7, 11) is 0. The van der Waals surface area contributed by atoms with Gasteiger partial charge in [-0.2, -0.15) is 0 Å².